The first-order valence-electron chi connectivity index (χ1n) is 9.59. The van der Waals surface area contributed by atoms with Crippen molar-refractivity contribution in [3.05, 3.63) is 30.3 Å². The second-order valence-electron chi connectivity index (χ2n) is 6.99. The standard InChI is InChI=1S/C13H27.C8H6N.Sn/c1-4-7-10-13(11-8-5-2)12-9-6-3;1-2-4-8-7(3-1)5-6-9-8;/h4-12H2,1-3H3;1-5,9H;. The van der Waals surface area contributed by atoms with Crippen LogP contribution >= 0.6 is 0 Å². The molecular weight excluding hydrogens is 385 g/mol. The van der Waals surface area contributed by atoms with Crippen LogP contribution in [-0.4, -0.2) is 26.1 Å². The second kappa shape index (κ2) is 9.76. The molecule has 23 heavy (non-hydrogen) atoms. The van der Waals surface area contributed by atoms with Crippen molar-refractivity contribution in [1.29, 1.82) is 0 Å². The van der Waals surface area contributed by atoms with Gasteiger partial charge in [-0.25, -0.2) is 0 Å². The first kappa shape index (κ1) is 18.9. The van der Waals surface area contributed by atoms with Gasteiger partial charge in [0.25, 0.3) is 0 Å². The van der Waals surface area contributed by atoms with Crippen LogP contribution in [0.2, 0.25) is 3.43 Å². The predicted octanol–water partition coefficient (Wildman–Crippen LogP) is 6.23. The maximum absolute atomic E-state index is 3.76. The molecule has 2 aromatic rings. The summed E-state index contributed by atoms with van der Waals surface area (Å²) < 4.78 is 2.28. The van der Waals surface area contributed by atoms with Crippen LogP contribution in [0.4, 0.5) is 0 Å². The second-order valence-corrected chi connectivity index (χ2v) is 12.3. The summed E-state index contributed by atoms with van der Waals surface area (Å²) in [5.41, 5.74) is 1.33. The van der Waals surface area contributed by atoms with Gasteiger partial charge in [-0.2, -0.15) is 0 Å². The van der Waals surface area contributed by atoms with Crippen LogP contribution in [-0.2, 0) is 0 Å². The predicted molar refractivity (Wildman–Crippen MR) is 105 cm³/mol. The number of rotatable bonds is 11. The number of benzene rings is 1. The molecule has 0 saturated heterocycles. The van der Waals surface area contributed by atoms with Crippen LogP contribution in [0.15, 0.2) is 30.3 Å². The van der Waals surface area contributed by atoms with E-state index in [-0.39, 0.29) is 0 Å². The van der Waals surface area contributed by atoms with Crippen LogP contribution in [0.25, 0.3) is 10.9 Å². The molecule has 1 N–H and O–H groups in total. The van der Waals surface area contributed by atoms with Crippen LogP contribution in [0.5, 0.6) is 0 Å². The number of para-hydroxylation sites is 1. The van der Waals surface area contributed by atoms with Crippen LogP contribution in [0.3, 0.4) is 0 Å². The van der Waals surface area contributed by atoms with Gasteiger partial charge in [-0.1, -0.05) is 0 Å². The zero-order valence-electron chi connectivity index (χ0n) is 15.3. The summed E-state index contributed by atoms with van der Waals surface area (Å²) in [6.45, 7) is 7.04. The molecular formula is C21H33NSn. The van der Waals surface area contributed by atoms with Crippen molar-refractivity contribution in [2.75, 3.05) is 0 Å². The zero-order valence-corrected chi connectivity index (χ0v) is 18.1. The molecule has 0 amide bonds. The van der Waals surface area contributed by atoms with E-state index >= 15 is 0 Å². The third kappa shape index (κ3) is 5.55. The molecule has 126 valence electrons. The van der Waals surface area contributed by atoms with E-state index in [9.17, 15) is 0 Å². The molecule has 2 heteroatoms. The van der Waals surface area contributed by atoms with Crippen molar-refractivity contribution >= 4 is 35.8 Å². The van der Waals surface area contributed by atoms with Gasteiger partial charge in [0.15, 0.2) is 0 Å². The van der Waals surface area contributed by atoms with Crippen LogP contribution in [0, 0.1) is 0 Å². The Labute approximate surface area is 152 Å². The molecule has 0 saturated carbocycles. The molecule has 0 atom stereocenters. The van der Waals surface area contributed by atoms with E-state index in [4.69, 9.17) is 0 Å². The van der Waals surface area contributed by atoms with Crippen LogP contribution < -0.4 is 3.71 Å². The average Bonchev–Trinajstić information content (AvgIpc) is 2.98. The number of H-pyrrole nitrogens is 1. The quantitative estimate of drug-likeness (QED) is 0.417. The zero-order chi connectivity index (χ0) is 16.5. The molecule has 1 nitrogen and oxygen atoms in total. The molecule has 0 bridgehead atoms. The number of nitrogens with one attached hydrogen (secondary N) is 1. The Morgan fingerprint density at radius 2 is 1.43 bits per heavy atom. The van der Waals surface area contributed by atoms with Crippen molar-refractivity contribution in [3.8, 4) is 0 Å². The molecule has 1 heterocycles. The Kier molecular flexibility index (Phi) is 8.01. The minimum atomic E-state index is -0.617. The van der Waals surface area contributed by atoms with Gasteiger partial charge in [0, 0.05) is 0 Å². The fourth-order valence-corrected chi connectivity index (χ4v) is 8.96. The number of hydrogen-bond acceptors (Lipinski definition) is 0. The molecule has 0 aliphatic carbocycles. The summed E-state index contributed by atoms with van der Waals surface area (Å²) in [6, 6.07) is 11.2. The fourth-order valence-electron chi connectivity index (χ4n) is 3.53. The molecule has 2 radical (unpaired) electrons. The molecule has 0 aliphatic rings. The summed E-state index contributed by atoms with van der Waals surface area (Å²) in [5, 5.41) is 1.40. The summed E-state index contributed by atoms with van der Waals surface area (Å²) in [7, 11) is 0. The van der Waals surface area contributed by atoms with Crippen molar-refractivity contribution in [1.82, 2.24) is 4.98 Å². The molecule has 0 aliphatic heterocycles. The monoisotopic (exact) mass is 419 g/mol. The van der Waals surface area contributed by atoms with Crippen molar-refractivity contribution < 1.29 is 0 Å². The maximum atomic E-state index is 3.76. The average molecular weight is 418 g/mol. The van der Waals surface area contributed by atoms with Crippen molar-refractivity contribution in [3.63, 3.8) is 0 Å². The fraction of sp³-hybridized carbons (Fsp3) is 0.619. The summed E-state index contributed by atoms with van der Waals surface area (Å²) >= 11 is -0.617. The first-order valence-corrected chi connectivity index (χ1v) is 12.4. The van der Waals surface area contributed by atoms with Gasteiger partial charge < -0.3 is 0 Å². The Morgan fingerprint density at radius 3 is 1.96 bits per heavy atom. The van der Waals surface area contributed by atoms with Crippen LogP contribution in [0.1, 0.15) is 78.6 Å². The normalized spacial score (nSPS) is 12.1. The molecule has 1 aromatic carbocycles. The van der Waals surface area contributed by atoms with E-state index in [1.54, 1.807) is 3.71 Å². The molecule has 2 rings (SSSR count). The third-order valence-corrected chi connectivity index (χ3v) is 10.1. The molecule has 0 unspecified atom stereocenters. The molecule has 0 fully saturated rings. The number of unbranched alkanes of at least 4 members (excludes halogenated alkanes) is 3. The number of fused-ring (bicyclic) bond motifs is 1. The topological polar surface area (TPSA) is 15.8 Å². The van der Waals surface area contributed by atoms with E-state index in [1.807, 2.05) is 0 Å². The molecule has 1 aromatic heterocycles. The SMILES string of the molecule is CCCC[C](CCCC)(CCCC)[Sn][c]1cc2ccccc2[nH]1. The Hall–Kier alpha value is -0.441. The Balaban J connectivity index is 2.21. The first-order chi connectivity index (χ1) is 11.2. The van der Waals surface area contributed by atoms with Crippen molar-refractivity contribution in [2.45, 2.75) is 82.0 Å². The van der Waals surface area contributed by atoms with Crippen molar-refractivity contribution in [2.24, 2.45) is 0 Å². The van der Waals surface area contributed by atoms with Gasteiger partial charge in [0.05, 0.1) is 0 Å². The van der Waals surface area contributed by atoms with Gasteiger partial charge in [-0.05, 0) is 0 Å². The number of aromatic nitrogens is 1. The van der Waals surface area contributed by atoms with Gasteiger partial charge in [-0.15, -0.1) is 0 Å². The number of hydrogen-bond donors (Lipinski definition) is 1. The number of aromatic amines is 1. The van der Waals surface area contributed by atoms with E-state index < -0.39 is 21.1 Å². The van der Waals surface area contributed by atoms with Gasteiger partial charge >= 0.3 is 153 Å². The Morgan fingerprint density at radius 1 is 0.870 bits per heavy atom. The summed E-state index contributed by atoms with van der Waals surface area (Å²) in [4.78, 5) is 3.76. The van der Waals surface area contributed by atoms with E-state index in [0.717, 1.165) is 0 Å². The van der Waals surface area contributed by atoms with E-state index in [2.05, 4.69) is 56.1 Å². The van der Waals surface area contributed by atoms with Gasteiger partial charge in [0.2, 0.25) is 0 Å². The van der Waals surface area contributed by atoms with Gasteiger partial charge in [-0.3, -0.25) is 0 Å². The Bertz CT molecular complexity index is 517. The van der Waals surface area contributed by atoms with Gasteiger partial charge in [0.1, 0.15) is 0 Å². The minimum absolute atomic E-state index is 0.617. The summed E-state index contributed by atoms with van der Waals surface area (Å²) in [5.74, 6) is 0. The van der Waals surface area contributed by atoms with E-state index in [1.165, 1.54) is 68.7 Å². The summed E-state index contributed by atoms with van der Waals surface area (Å²) in [6.07, 6.45) is 12.6. The van der Waals surface area contributed by atoms with E-state index in [0.29, 0.717) is 3.43 Å². The third-order valence-electron chi connectivity index (χ3n) is 4.96. The molecule has 0 spiro atoms.